The molecule has 2 aromatic heterocycles. The maximum atomic E-state index is 12.4. The van der Waals surface area contributed by atoms with Crippen LogP contribution in [0.1, 0.15) is 28.5 Å². The molecule has 0 atom stereocenters. The van der Waals surface area contributed by atoms with E-state index in [0.717, 1.165) is 22.7 Å². The van der Waals surface area contributed by atoms with Crippen molar-refractivity contribution in [2.75, 3.05) is 6.54 Å². The molecule has 2 aromatic rings. The van der Waals surface area contributed by atoms with Gasteiger partial charge in [-0.15, -0.1) is 22.7 Å². The molecule has 0 radical (unpaired) electrons. The summed E-state index contributed by atoms with van der Waals surface area (Å²) in [6.45, 7) is 5.85. The lowest BCUT2D eigenvalue weighted by atomic mass is 10.4. The molecule has 0 fully saturated rings. The number of rotatable bonds is 8. The molecule has 0 saturated heterocycles. The average Bonchev–Trinajstić information content (AvgIpc) is 3.12. The van der Waals surface area contributed by atoms with E-state index in [4.69, 9.17) is 0 Å². The maximum absolute atomic E-state index is 12.4. The molecule has 0 aliphatic rings. The van der Waals surface area contributed by atoms with Gasteiger partial charge in [0.15, 0.2) is 0 Å². The minimum Gasteiger partial charge on any atom is -0.312 e. The predicted octanol–water partition coefficient (Wildman–Crippen LogP) is 2.96. The van der Waals surface area contributed by atoms with Gasteiger partial charge >= 0.3 is 0 Å². The normalized spacial score (nSPS) is 11.9. The lowest BCUT2D eigenvalue weighted by molar-refractivity contribution is 0.580. The van der Waals surface area contributed by atoms with Crippen LogP contribution >= 0.6 is 22.7 Å². The summed E-state index contributed by atoms with van der Waals surface area (Å²) in [6.07, 6.45) is 0.981. The van der Waals surface area contributed by atoms with Crippen molar-refractivity contribution in [1.29, 1.82) is 0 Å². The first kappa shape index (κ1) is 16.6. The van der Waals surface area contributed by atoms with Gasteiger partial charge in [0.25, 0.3) is 0 Å². The van der Waals surface area contributed by atoms with Crippen LogP contribution in [0.4, 0.5) is 0 Å². The highest BCUT2D eigenvalue weighted by atomic mass is 32.2. The predicted molar refractivity (Wildman–Crippen MR) is 89.4 cm³/mol. The van der Waals surface area contributed by atoms with Gasteiger partial charge in [-0.2, -0.15) is 0 Å². The van der Waals surface area contributed by atoms with E-state index < -0.39 is 10.0 Å². The smallest absolute Gasteiger partial charge is 0.242 e. The molecule has 0 aliphatic carbocycles. The molecule has 2 N–H and O–H groups in total. The molecular weight excluding hydrogens is 324 g/mol. The van der Waals surface area contributed by atoms with Gasteiger partial charge in [0.2, 0.25) is 10.0 Å². The highest BCUT2D eigenvalue weighted by Gasteiger charge is 2.19. The maximum Gasteiger partial charge on any atom is 0.242 e. The van der Waals surface area contributed by atoms with Gasteiger partial charge in [-0.05, 0) is 36.5 Å². The van der Waals surface area contributed by atoms with Crippen LogP contribution in [0.15, 0.2) is 28.5 Å². The summed E-state index contributed by atoms with van der Waals surface area (Å²) in [5.74, 6) is 0. The van der Waals surface area contributed by atoms with Crippen molar-refractivity contribution in [3.05, 3.63) is 38.2 Å². The van der Waals surface area contributed by atoms with Crippen LogP contribution in [0.5, 0.6) is 0 Å². The fraction of sp³-hybridized carbons (Fsp3) is 0.429. The lowest BCUT2D eigenvalue weighted by Gasteiger charge is -2.07. The standard InChI is InChI=1S/C14H20N2O2S3/c1-3-11-5-6-12(20-11)9-16-21(17,18)14-7-8-19-13(14)10-15-4-2/h5-8,15-16H,3-4,9-10H2,1-2H3. The van der Waals surface area contributed by atoms with E-state index in [0.29, 0.717) is 18.0 Å². The van der Waals surface area contributed by atoms with Crippen LogP contribution in [0.2, 0.25) is 0 Å². The number of hydrogen-bond acceptors (Lipinski definition) is 5. The molecule has 4 nitrogen and oxygen atoms in total. The molecule has 0 aromatic carbocycles. The second-order valence-corrected chi connectivity index (χ2v) is 8.52. The van der Waals surface area contributed by atoms with E-state index in [1.807, 2.05) is 18.4 Å². The van der Waals surface area contributed by atoms with Crippen LogP contribution in [0, 0.1) is 0 Å². The zero-order chi connectivity index (χ0) is 15.3. The minimum absolute atomic E-state index is 0.351. The quantitative estimate of drug-likeness (QED) is 0.774. The molecule has 2 rings (SSSR count). The van der Waals surface area contributed by atoms with E-state index >= 15 is 0 Å². The van der Waals surface area contributed by atoms with Crippen LogP contribution in [0.25, 0.3) is 0 Å². The molecule has 21 heavy (non-hydrogen) atoms. The summed E-state index contributed by atoms with van der Waals surface area (Å²) in [6, 6.07) is 5.71. The van der Waals surface area contributed by atoms with Crippen molar-refractivity contribution in [2.24, 2.45) is 0 Å². The van der Waals surface area contributed by atoms with Gasteiger partial charge in [0, 0.05) is 27.7 Å². The Morgan fingerprint density at radius 1 is 1.10 bits per heavy atom. The van der Waals surface area contributed by atoms with Crippen molar-refractivity contribution in [3.63, 3.8) is 0 Å². The Bertz CT molecular complexity index is 674. The van der Waals surface area contributed by atoms with Gasteiger partial charge < -0.3 is 5.32 Å². The molecule has 0 bridgehead atoms. The Kier molecular flexibility index (Phi) is 5.95. The molecule has 7 heteroatoms. The van der Waals surface area contributed by atoms with Gasteiger partial charge in [-0.1, -0.05) is 13.8 Å². The van der Waals surface area contributed by atoms with Crippen molar-refractivity contribution in [2.45, 2.75) is 38.3 Å². The topological polar surface area (TPSA) is 58.2 Å². The second kappa shape index (κ2) is 7.51. The summed E-state index contributed by atoms with van der Waals surface area (Å²) in [5.41, 5.74) is 0. The zero-order valence-corrected chi connectivity index (χ0v) is 14.6. The Morgan fingerprint density at radius 3 is 2.52 bits per heavy atom. The fourth-order valence-corrected chi connectivity index (χ4v) is 5.29. The second-order valence-electron chi connectivity index (χ2n) is 4.53. The molecule has 0 spiro atoms. The average molecular weight is 345 g/mol. The van der Waals surface area contributed by atoms with Crippen LogP contribution in [-0.2, 0) is 29.5 Å². The van der Waals surface area contributed by atoms with E-state index in [1.54, 1.807) is 17.4 Å². The zero-order valence-electron chi connectivity index (χ0n) is 12.2. The van der Waals surface area contributed by atoms with E-state index in [9.17, 15) is 8.42 Å². The summed E-state index contributed by atoms with van der Waals surface area (Å²) in [5, 5.41) is 4.99. The largest absolute Gasteiger partial charge is 0.312 e. The van der Waals surface area contributed by atoms with E-state index in [2.05, 4.69) is 23.0 Å². The molecule has 116 valence electrons. The minimum atomic E-state index is -3.45. The highest BCUT2D eigenvalue weighted by Crippen LogP contribution is 2.23. The number of aryl methyl sites for hydroxylation is 1. The Balaban J connectivity index is 2.06. The Hall–Kier alpha value is -0.730. The Morgan fingerprint density at radius 2 is 1.86 bits per heavy atom. The third-order valence-corrected chi connectivity index (χ3v) is 6.80. The van der Waals surface area contributed by atoms with Gasteiger partial charge in [0.1, 0.15) is 0 Å². The monoisotopic (exact) mass is 344 g/mol. The summed E-state index contributed by atoms with van der Waals surface area (Å²) in [4.78, 5) is 3.55. The van der Waals surface area contributed by atoms with Crippen molar-refractivity contribution in [3.8, 4) is 0 Å². The third-order valence-electron chi connectivity index (χ3n) is 3.03. The molecule has 0 saturated carbocycles. The lowest BCUT2D eigenvalue weighted by Crippen LogP contribution is -2.24. The van der Waals surface area contributed by atoms with Crippen LogP contribution < -0.4 is 10.0 Å². The number of nitrogens with one attached hydrogen (secondary N) is 2. The first-order valence-electron chi connectivity index (χ1n) is 6.91. The van der Waals surface area contributed by atoms with Crippen molar-refractivity contribution >= 4 is 32.7 Å². The van der Waals surface area contributed by atoms with Crippen LogP contribution in [-0.4, -0.2) is 15.0 Å². The third kappa shape index (κ3) is 4.37. The molecular formula is C14H20N2O2S3. The highest BCUT2D eigenvalue weighted by molar-refractivity contribution is 7.89. The van der Waals surface area contributed by atoms with E-state index in [1.165, 1.54) is 16.2 Å². The molecule has 0 aliphatic heterocycles. The Labute approximate surface area is 134 Å². The first-order valence-corrected chi connectivity index (χ1v) is 10.1. The van der Waals surface area contributed by atoms with E-state index in [-0.39, 0.29) is 0 Å². The number of thiophene rings is 2. The fourth-order valence-electron chi connectivity index (χ4n) is 1.89. The summed E-state index contributed by atoms with van der Waals surface area (Å²) >= 11 is 3.12. The number of sulfonamides is 1. The van der Waals surface area contributed by atoms with Gasteiger partial charge in [-0.3, -0.25) is 0 Å². The van der Waals surface area contributed by atoms with Crippen molar-refractivity contribution < 1.29 is 8.42 Å². The van der Waals surface area contributed by atoms with Crippen LogP contribution in [0.3, 0.4) is 0 Å². The molecule has 0 amide bonds. The van der Waals surface area contributed by atoms with Crippen molar-refractivity contribution in [1.82, 2.24) is 10.0 Å². The number of hydrogen-bond donors (Lipinski definition) is 2. The van der Waals surface area contributed by atoms with Gasteiger partial charge in [0.05, 0.1) is 4.90 Å². The first-order chi connectivity index (χ1) is 10.1. The SMILES string of the molecule is CCNCc1sccc1S(=O)(=O)NCc1ccc(CC)s1. The summed E-state index contributed by atoms with van der Waals surface area (Å²) < 4.78 is 27.5. The molecule has 0 unspecified atom stereocenters. The summed E-state index contributed by atoms with van der Waals surface area (Å²) in [7, 11) is -3.45. The van der Waals surface area contributed by atoms with Gasteiger partial charge in [-0.25, -0.2) is 13.1 Å². The molecule has 2 heterocycles.